The lowest BCUT2D eigenvalue weighted by molar-refractivity contribution is -0.116. The highest BCUT2D eigenvalue weighted by Gasteiger charge is 2.20. The molecule has 0 aromatic heterocycles. The second-order valence-electron chi connectivity index (χ2n) is 4.44. The minimum absolute atomic E-state index is 0.0563. The number of hydrogen-bond donors (Lipinski definition) is 3. The van der Waals surface area contributed by atoms with Crippen molar-refractivity contribution in [3.8, 4) is 0 Å². The Kier molecular flexibility index (Phi) is 4.39. The average Bonchev–Trinajstić information content (AvgIpc) is 2.69. The highest BCUT2D eigenvalue weighted by atomic mass is 35.5. The summed E-state index contributed by atoms with van der Waals surface area (Å²) >= 11 is 6.07. The van der Waals surface area contributed by atoms with Crippen LogP contribution in [-0.4, -0.2) is 24.9 Å². The molecule has 1 aliphatic rings. The third kappa shape index (κ3) is 3.45. The molecule has 1 heterocycles. The molecule has 0 fully saturated rings. The summed E-state index contributed by atoms with van der Waals surface area (Å²) in [5.41, 5.74) is 2.11. The van der Waals surface area contributed by atoms with E-state index in [1.165, 1.54) is 0 Å². The largest absolute Gasteiger partial charge is 0.325 e. The molecular weight excluding hydrogens is 266 g/mol. The van der Waals surface area contributed by atoms with Gasteiger partial charge < -0.3 is 16.0 Å². The van der Waals surface area contributed by atoms with Crippen LogP contribution >= 0.6 is 11.6 Å². The predicted octanol–water partition coefficient (Wildman–Crippen LogP) is 1.77. The summed E-state index contributed by atoms with van der Waals surface area (Å²) < 4.78 is 0. The maximum Gasteiger partial charge on any atom is 0.238 e. The molecule has 3 N–H and O–H groups in total. The maximum atomic E-state index is 11.7. The third-order valence-electron chi connectivity index (χ3n) is 2.80. The van der Waals surface area contributed by atoms with Gasteiger partial charge in [-0.25, -0.2) is 0 Å². The molecule has 1 aromatic carbocycles. The van der Waals surface area contributed by atoms with Crippen LogP contribution < -0.4 is 16.0 Å². The minimum atomic E-state index is -0.146. The fourth-order valence-corrected chi connectivity index (χ4v) is 2.13. The number of hydrogen-bond acceptors (Lipinski definition) is 3. The van der Waals surface area contributed by atoms with Crippen LogP contribution in [0.3, 0.4) is 0 Å². The van der Waals surface area contributed by atoms with Crippen LogP contribution in [0.1, 0.15) is 18.9 Å². The zero-order valence-corrected chi connectivity index (χ0v) is 11.4. The lowest BCUT2D eigenvalue weighted by Crippen LogP contribution is -2.28. The topological polar surface area (TPSA) is 70.2 Å². The molecule has 0 radical (unpaired) electrons. The predicted molar refractivity (Wildman–Crippen MR) is 75.6 cm³/mol. The number of carbonyl (C=O) groups is 2. The molecule has 5 nitrogen and oxygen atoms in total. The second-order valence-corrected chi connectivity index (χ2v) is 4.85. The molecule has 0 bridgehead atoms. The summed E-state index contributed by atoms with van der Waals surface area (Å²) in [5.74, 6) is -0.202. The summed E-state index contributed by atoms with van der Waals surface area (Å²) in [6.45, 7) is 3.08. The number of fused-ring (bicyclic) bond motifs is 1. The smallest absolute Gasteiger partial charge is 0.238 e. The van der Waals surface area contributed by atoms with E-state index in [0.717, 1.165) is 24.2 Å². The maximum absolute atomic E-state index is 11.7. The number of benzene rings is 1. The van der Waals surface area contributed by atoms with Gasteiger partial charge >= 0.3 is 0 Å². The Bertz CT molecular complexity index is 517. The summed E-state index contributed by atoms with van der Waals surface area (Å²) in [6.07, 6.45) is 1.30. The normalized spacial score (nSPS) is 13.1. The van der Waals surface area contributed by atoms with E-state index in [1.54, 1.807) is 12.1 Å². The first-order valence-electron chi connectivity index (χ1n) is 6.23. The van der Waals surface area contributed by atoms with E-state index in [1.807, 2.05) is 6.92 Å². The van der Waals surface area contributed by atoms with Gasteiger partial charge in [0.1, 0.15) is 0 Å². The average molecular weight is 282 g/mol. The van der Waals surface area contributed by atoms with Crippen LogP contribution in [0.5, 0.6) is 0 Å². The van der Waals surface area contributed by atoms with Gasteiger partial charge in [-0.15, -0.1) is 0 Å². The summed E-state index contributed by atoms with van der Waals surface area (Å²) in [6, 6.07) is 3.41. The molecule has 1 aliphatic heterocycles. The van der Waals surface area contributed by atoms with Crippen LogP contribution in [0.15, 0.2) is 12.1 Å². The van der Waals surface area contributed by atoms with E-state index < -0.39 is 0 Å². The van der Waals surface area contributed by atoms with Gasteiger partial charge in [0.2, 0.25) is 11.8 Å². The lowest BCUT2D eigenvalue weighted by Gasteiger charge is -2.10. The Hall–Kier alpha value is -1.59. The van der Waals surface area contributed by atoms with Crippen molar-refractivity contribution in [3.63, 3.8) is 0 Å². The summed E-state index contributed by atoms with van der Waals surface area (Å²) in [5, 5.41) is 8.89. The standard InChI is InChI=1S/C13H16ClN3O2/c1-2-3-15-7-13(19)17-11-4-8-5-12(18)16-10(8)6-9(11)14/h4,6,15H,2-3,5,7H2,1H3,(H,16,18)(H,17,19). The van der Waals surface area contributed by atoms with Crippen molar-refractivity contribution in [2.75, 3.05) is 23.7 Å². The van der Waals surface area contributed by atoms with Crippen LogP contribution in [0.25, 0.3) is 0 Å². The van der Waals surface area contributed by atoms with Gasteiger partial charge in [-0.1, -0.05) is 18.5 Å². The van der Waals surface area contributed by atoms with Gasteiger partial charge in [0.15, 0.2) is 0 Å². The fourth-order valence-electron chi connectivity index (χ4n) is 1.92. The molecule has 0 atom stereocenters. The monoisotopic (exact) mass is 281 g/mol. The van der Waals surface area contributed by atoms with Crippen LogP contribution in [0.2, 0.25) is 5.02 Å². The molecule has 2 rings (SSSR count). The first kappa shape index (κ1) is 13.8. The Balaban J connectivity index is 2.03. The summed E-state index contributed by atoms with van der Waals surface area (Å²) in [4.78, 5) is 23.0. The van der Waals surface area contributed by atoms with Gasteiger partial charge in [-0.05, 0) is 30.7 Å². The molecule has 1 aromatic rings. The molecular formula is C13H16ClN3O2. The van der Waals surface area contributed by atoms with E-state index in [2.05, 4.69) is 16.0 Å². The molecule has 6 heteroatoms. The number of halogens is 1. The number of rotatable bonds is 5. The van der Waals surface area contributed by atoms with Crippen LogP contribution in [-0.2, 0) is 16.0 Å². The van der Waals surface area contributed by atoms with E-state index >= 15 is 0 Å². The van der Waals surface area contributed by atoms with Crippen LogP contribution in [0.4, 0.5) is 11.4 Å². The van der Waals surface area contributed by atoms with E-state index in [9.17, 15) is 9.59 Å². The fraction of sp³-hybridized carbons (Fsp3) is 0.385. The molecule has 102 valence electrons. The van der Waals surface area contributed by atoms with Gasteiger partial charge in [0.25, 0.3) is 0 Å². The van der Waals surface area contributed by atoms with Crippen molar-refractivity contribution < 1.29 is 9.59 Å². The Morgan fingerprint density at radius 1 is 1.47 bits per heavy atom. The quantitative estimate of drug-likeness (QED) is 0.721. The van der Waals surface area contributed by atoms with E-state index in [0.29, 0.717) is 17.1 Å². The third-order valence-corrected chi connectivity index (χ3v) is 3.12. The van der Waals surface area contributed by atoms with Gasteiger partial charge in [0, 0.05) is 5.69 Å². The van der Waals surface area contributed by atoms with Gasteiger partial charge in [0.05, 0.1) is 23.7 Å². The Morgan fingerprint density at radius 2 is 2.26 bits per heavy atom. The zero-order chi connectivity index (χ0) is 13.8. The highest BCUT2D eigenvalue weighted by molar-refractivity contribution is 6.34. The minimum Gasteiger partial charge on any atom is -0.325 e. The van der Waals surface area contributed by atoms with Crippen molar-refractivity contribution >= 4 is 34.8 Å². The second kappa shape index (κ2) is 6.04. The number of anilines is 2. The van der Waals surface area contributed by atoms with Crippen molar-refractivity contribution in [2.24, 2.45) is 0 Å². The Labute approximate surface area is 116 Å². The molecule has 0 unspecified atom stereocenters. The van der Waals surface area contributed by atoms with E-state index in [4.69, 9.17) is 11.6 Å². The van der Waals surface area contributed by atoms with E-state index in [-0.39, 0.29) is 18.4 Å². The van der Waals surface area contributed by atoms with Crippen molar-refractivity contribution in [2.45, 2.75) is 19.8 Å². The molecule has 19 heavy (non-hydrogen) atoms. The number of amides is 2. The Morgan fingerprint density at radius 3 is 3.00 bits per heavy atom. The molecule has 2 amide bonds. The van der Waals surface area contributed by atoms with Gasteiger partial charge in [-0.2, -0.15) is 0 Å². The first-order chi connectivity index (χ1) is 9.10. The van der Waals surface area contributed by atoms with Crippen LogP contribution in [0, 0.1) is 0 Å². The molecule has 0 aliphatic carbocycles. The SMILES string of the molecule is CCCNCC(=O)Nc1cc2c(cc1Cl)NC(=O)C2. The number of nitrogens with one attached hydrogen (secondary N) is 3. The highest BCUT2D eigenvalue weighted by Crippen LogP contribution is 2.32. The van der Waals surface area contributed by atoms with Gasteiger partial charge in [-0.3, -0.25) is 9.59 Å². The first-order valence-corrected chi connectivity index (χ1v) is 6.60. The molecule has 0 saturated heterocycles. The van der Waals surface area contributed by atoms with Crippen molar-refractivity contribution in [1.29, 1.82) is 0 Å². The molecule has 0 spiro atoms. The van der Waals surface area contributed by atoms with Crippen molar-refractivity contribution in [3.05, 3.63) is 22.7 Å². The molecule has 0 saturated carbocycles. The number of carbonyl (C=O) groups excluding carboxylic acids is 2. The lowest BCUT2D eigenvalue weighted by atomic mass is 10.1. The van der Waals surface area contributed by atoms with Crippen molar-refractivity contribution in [1.82, 2.24) is 5.32 Å². The summed E-state index contributed by atoms with van der Waals surface area (Å²) in [7, 11) is 0. The zero-order valence-electron chi connectivity index (χ0n) is 10.7.